The van der Waals surface area contributed by atoms with Gasteiger partial charge in [-0.15, -0.1) is 0 Å². The van der Waals surface area contributed by atoms with Crippen molar-refractivity contribution in [1.29, 1.82) is 0 Å². The number of rotatable bonds is 12. The Hall–Kier alpha value is -1.91. The van der Waals surface area contributed by atoms with Crippen molar-refractivity contribution in [3.63, 3.8) is 0 Å². The summed E-state index contributed by atoms with van der Waals surface area (Å²) < 4.78 is 23.8. The van der Waals surface area contributed by atoms with Gasteiger partial charge in [-0.2, -0.15) is 0 Å². The van der Waals surface area contributed by atoms with Gasteiger partial charge in [-0.1, -0.05) is 43.9 Å². The SMILES string of the molecule is CCOC(=O)CCCCCCCCC(=O)OC(C)c1ccccc1F. The van der Waals surface area contributed by atoms with Crippen LogP contribution >= 0.6 is 0 Å². The highest BCUT2D eigenvalue weighted by atomic mass is 19.1. The van der Waals surface area contributed by atoms with Crippen LogP contribution in [0.15, 0.2) is 24.3 Å². The van der Waals surface area contributed by atoms with Gasteiger partial charge < -0.3 is 9.47 Å². The molecule has 1 aromatic rings. The van der Waals surface area contributed by atoms with Crippen LogP contribution in [0.3, 0.4) is 0 Å². The molecule has 0 saturated carbocycles. The predicted molar refractivity (Wildman–Crippen MR) is 94.5 cm³/mol. The molecule has 0 fully saturated rings. The van der Waals surface area contributed by atoms with Gasteiger partial charge in [0.2, 0.25) is 0 Å². The third-order valence-corrected chi connectivity index (χ3v) is 3.97. The molecule has 1 rings (SSSR count). The Labute approximate surface area is 149 Å². The Morgan fingerprint density at radius 2 is 1.52 bits per heavy atom. The molecule has 1 unspecified atom stereocenters. The molecular weight excluding hydrogens is 323 g/mol. The van der Waals surface area contributed by atoms with E-state index in [1.54, 1.807) is 32.0 Å². The molecule has 4 nitrogen and oxygen atoms in total. The van der Waals surface area contributed by atoms with E-state index in [0.717, 1.165) is 38.5 Å². The van der Waals surface area contributed by atoms with Crippen LogP contribution in [0.1, 0.15) is 76.9 Å². The second kappa shape index (κ2) is 12.5. The van der Waals surface area contributed by atoms with Gasteiger partial charge in [-0.05, 0) is 32.8 Å². The summed E-state index contributed by atoms with van der Waals surface area (Å²) in [6, 6.07) is 6.33. The first kappa shape index (κ1) is 21.1. The fourth-order valence-electron chi connectivity index (χ4n) is 2.60. The number of benzene rings is 1. The third kappa shape index (κ3) is 9.22. The lowest BCUT2D eigenvalue weighted by atomic mass is 10.1. The molecule has 0 N–H and O–H groups in total. The highest BCUT2D eigenvalue weighted by Crippen LogP contribution is 2.20. The van der Waals surface area contributed by atoms with Crippen LogP contribution in [0, 0.1) is 5.82 Å². The first-order valence-corrected chi connectivity index (χ1v) is 9.14. The van der Waals surface area contributed by atoms with Crippen LogP contribution in [0.5, 0.6) is 0 Å². The fourth-order valence-corrected chi connectivity index (χ4v) is 2.60. The van der Waals surface area contributed by atoms with Gasteiger partial charge in [0.15, 0.2) is 0 Å². The molecule has 0 saturated heterocycles. The van der Waals surface area contributed by atoms with Gasteiger partial charge in [0, 0.05) is 18.4 Å². The van der Waals surface area contributed by atoms with Crippen molar-refractivity contribution in [2.45, 2.75) is 71.3 Å². The number of carbonyl (C=O) groups excluding carboxylic acids is 2. The second-order valence-corrected chi connectivity index (χ2v) is 6.08. The summed E-state index contributed by atoms with van der Waals surface area (Å²) in [6.07, 6.45) is 5.88. The van der Waals surface area contributed by atoms with E-state index in [1.165, 1.54) is 6.07 Å². The Morgan fingerprint density at radius 3 is 2.12 bits per heavy atom. The first-order chi connectivity index (χ1) is 12.0. The van der Waals surface area contributed by atoms with Crippen molar-refractivity contribution in [3.05, 3.63) is 35.6 Å². The summed E-state index contributed by atoms with van der Waals surface area (Å²) in [7, 11) is 0. The van der Waals surface area contributed by atoms with Crippen LogP contribution in [0.25, 0.3) is 0 Å². The molecule has 1 aromatic carbocycles. The molecule has 1 atom stereocenters. The zero-order chi connectivity index (χ0) is 18.5. The number of hydrogen-bond donors (Lipinski definition) is 0. The standard InChI is InChI=1S/C20H29FO4/c1-3-24-19(22)14-8-6-4-5-7-9-15-20(23)25-16(2)17-12-10-11-13-18(17)21/h10-13,16H,3-9,14-15H2,1-2H3. The predicted octanol–water partition coefficient (Wildman–Crippen LogP) is 5.11. The highest BCUT2D eigenvalue weighted by molar-refractivity contribution is 5.69. The van der Waals surface area contributed by atoms with E-state index < -0.39 is 6.10 Å². The fraction of sp³-hybridized carbons (Fsp3) is 0.600. The molecular formula is C20H29FO4. The van der Waals surface area contributed by atoms with Crippen molar-refractivity contribution in [2.75, 3.05) is 6.61 Å². The molecule has 0 aliphatic rings. The summed E-state index contributed by atoms with van der Waals surface area (Å²) in [5, 5.41) is 0. The molecule has 0 spiro atoms. The summed E-state index contributed by atoms with van der Waals surface area (Å²) in [5.41, 5.74) is 0.400. The number of carbonyl (C=O) groups is 2. The van der Waals surface area contributed by atoms with Gasteiger partial charge in [0.1, 0.15) is 11.9 Å². The lowest BCUT2D eigenvalue weighted by Gasteiger charge is -2.14. The van der Waals surface area contributed by atoms with Crippen LogP contribution in [0.4, 0.5) is 4.39 Å². The number of halogens is 1. The monoisotopic (exact) mass is 352 g/mol. The normalized spacial score (nSPS) is 11.8. The number of hydrogen-bond acceptors (Lipinski definition) is 4. The maximum Gasteiger partial charge on any atom is 0.306 e. The smallest absolute Gasteiger partial charge is 0.306 e. The van der Waals surface area contributed by atoms with Gasteiger partial charge in [0.05, 0.1) is 6.61 Å². The van der Waals surface area contributed by atoms with E-state index in [-0.39, 0.29) is 17.8 Å². The molecule has 140 valence electrons. The molecule has 0 radical (unpaired) electrons. The van der Waals surface area contributed by atoms with Gasteiger partial charge >= 0.3 is 11.9 Å². The quantitative estimate of drug-likeness (QED) is 0.387. The van der Waals surface area contributed by atoms with E-state index >= 15 is 0 Å². The second-order valence-electron chi connectivity index (χ2n) is 6.08. The van der Waals surface area contributed by atoms with Crippen LogP contribution in [-0.2, 0) is 19.1 Å². The van der Waals surface area contributed by atoms with E-state index in [4.69, 9.17) is 9.47 Å². The Kier molecular flexibility index (Phi) is 10.5. The van der Waals surface area contributed by atoms with Crippen molar-refractivity contribution < 1.29 is 23.5 Å². The maximum atomic E-state index is 13.6. The van der Waals surface area contributed by atoms with E-state index in [2.05, 4.69) is 0 Å². The highest BCUT2D eigenvalue weighted by Gasteiger charge is 2.14. The average Bonchev–Trinajstić information content (AvgIpc) is 2.57. The van der Waals surface area contributed by atoms with Crippen molar-refractivity contribution in [1.82, 2.24) is 0 Å². The summed E-state index contributed by atoms with van der Waals surface area (Å²) in [4.78, 5) is 23.0. The summed E-state index contributed by atoms with van der Waals surface area (Å²) in [5.74, 6) is -0.780. The molecule has 0 bridgehead atoms. The number of unbranched alkanes of at least 4 members (excludes halogenated alkanes) is 5. The van der Waals surface area contributed by atoms with Gasteiger partial charge in [-0.25, -0.2) is 4.39 Å². The molecule has 0 aliphatic carbocycles. The van der Waals surface area contributed by atoms with Crippen LogP contribution in [-0.4, -0.2) is 18.5 Å². The number of esters is 2. The Morgan fingerprint density at radius 1 is 0.960 bits per heavy atom. The topological polar surface area (TPSA) is 52.6 Å². The lowest BCUT2D eigenvalue weighted by Crippen LogP contribution is -2.09. The van der Waals surface area contributed by atoms with Gasteiger partial charge in [-0.3, -0.25) is 9.59 Å². The number of ether oxygens (including phenoxy) is 2. The van der Waals surface area contributed by atoms with Crippen LogP contribution in [0.2, 0.25) is 0 Å². The zero-order valence-electron chi connectivity index (χ0n) is 15.3. The van der Waals surface area contributed by atoms with Crippen molar-refractivity contribution >= 4 is 11.9 Å². The van der Waals surface area contributed by atoms with Crippen molar-refractivity contribution in [3.8, 4) is 0 Å². The van der Waals surface area contributed by atoms with Gasteiger partial charge in [0.25, 0.3) is 0 Å². The summed E-state index contributed by atoms with van der Waals surface area (Å²) in [6.45, 7) is 3.92. The molecule has 0 aliphatic heterocycles. The van der Waals surface area contributed by atoms with Crippen LogP contribution < -0.4 is 0 Å². The van der Waals surface area contributed by atoms with Crippen molar-refractivity contribution in [2.24, 2.45) is 0 Å². The van der Waals surface area contributed by atoms with E-state index in [9.17, 15) is 14.0 Å². The first-order valence-electron chi connectivity index (χ1n) is 9.14. The average molecular weight is 352 g/mol. The Balaban J connectivity index is 2.05. The van der Waals surface area contributed by atoms with E-state index in [0.29, 0.717) is 25.0 Å². The maximum absolute atomic E-state index is 13.6. The largest absolute Gasteiger partial charge is 0.466 e. The molecule has 25 heavy (non-hydrogen) atoms. The molecule has 0 aromatic heterocycles. The minimum atomic E-state index is -0.573. The molecule has 0 amide bonds. The minimum absolute atomic E-state index is 0.130. The lowest BCUT2D eigenvalue weighted by molar-refractivity contribution is -0.149. The minimum Gasteiger partial charge on any atom is -0.466 e. The third-order valence-electron chi connectivity index (χ3n) is 3.97. The zero-order valence-corrected chi connectivity index (χ0v) is 15.3. The molecule has 5 heteroatoms. The van der Waals surface area contributed by atoms with E-state index in [1.807, 2.05) is 0 Å². The molecule has 0 heterocycles. The summed E-state index contributed by atoms with van der Waals surface area (Å²) >= 11 is 0. The Bertz CT molecular complexity index is 530.